The molecule has 1 aromatic carbocycles. The van der Waals surface area contributed by atoms with Gasteiger partial charge < -0.3 is 10.2 Å². The molecular weight excluding hydrogens is 340 g/mol. The van der Waals surface area contributed by atoms with Gasteiger partial charge in [0.2, 0.25) is 11.0 Å². The number of nitrogens with one attached hydrogen (secondary N) is 1. The number of aromatic nitrogens is 2. The number of rotatable bonds is 5. The summed E-state index contributed by atoms with van der Waals surface area (Å²) in [5, 5.41) is 12.3. The first-order valence-corrected chi connectivity index (χ1v) is 9.98. The molecular formula is C17H22N4OS2. The quantitative estimate of drug-likeness (QED) is 0.817. The number of carbonyl (C=O) groups is 1. The van der Waals surface area contributed by atoms with Crippen molar-refractivity contribution in [2.75, 3.05) is 24.2 Å². The number of hydrogen-bond donors (Lipinski definition) is 1. The second kappa shape index (κ2) is 7.98. The maximum absolute atomic E-state index is 12.3. The monoisotopic (exact) mass is 362 g/mol. The number of benzene rings is 1. The Hall–Kier alpha value is -1.60. The van der Waals surface area contributed by atoms with Crippen molar-refractivity contribution >= 4 is 39.8 Å². The van der Waals surface area contributed by atoms with Crippen molar-refractivity contribution in [2.45, 2.75) is 31.0 Å². The molecule has 2 aromatic rings. The number of aryl methyl sites for hydroxylation is 1. The lowest BCUT2D eigenvalue weighted by Crippen LogP contribution is -2.40. The minimum atomic E-state index is 0.204. The van der Waals surface area contributed by atoms with E-state index in [9.17, 15) is 4.79 Å². The Morgan fingerprint density at radius 1 is 1.38 bits per heavy atom. The third-order valence-corrected chi connectivity index (χ3v) is 5.99. The van der Waals surface area contributed by atoms with Crippen molar-refractivity contribution in [2.24, 2.45) is 5.92 Å². The Labute approximate surface area is 150 Å². The molecule has 0 bridgehead atoms. The molecule has 24 heavy (non-hydrogen) atoms. The first-order chi connectivity index (χ1) is 11.6. The van der Waals surface area contributed by atoms with Gasteiger partial charge in [-0.2, -0.15) is 0 Å². The predicted molar refractivity (Wildman–Crippen MR) is 100 cm³/mol. The van der Waals surface area contributed by atoms with Gasteiger partial charge >= 0.3 is 0 Å². The Morgan fingerprint density at radius 3 is 2.92 bits per heavy atom. The minimum Gasteiger partial charge on any atom is -0.342 e. The summed E-state index contributed by atoms with van der Waals surface area (Å²) in [6, 6.07) is 8.14. The molecule has 0 spiro atoms. The molecule has 0 aliphatic carbocycles. The highest BCUT2D eigenvalue weighted by Crippen LogP contribution is 2.28. The Bertz CT molecular complexity index is 686. The van der Waals surface area contributed by atoms with Crippen molar-refractivity contribution in [1.29, 1.82) is 0 Å². The highest BCUT2D eigenvalue weighted by atomic mass is 32.2. The molecule has 0 unspecified atom stereocenters. The maximum Gasteiger partial charge on any atom is 0.233 e. The molecule has 1 aliphatic rings. The van der Waals surface area contributed by atoms with Crippen LogP contribution in [-0.4, -0.2) is 39.8 Å². The van der Waals surface area contributed by atoms with Crippen molar-refractivity contribution < 1.29 is 4.79 Å². The van der Waals surface area contributed by atoms with Crippen molar-refractivity contribution in [1.82, 2.24) is 15.1 Å². The van der Waals surface area contributed by atoms with E-state index in [0.717, 1.165) is 34.7 Å². The fraction of sp³-hybridized carbons (Fsp3) is 0.471. The molecule has 1 saturated heterocycles. The largest absolute Gasteiger partial charge is 0.342 e. The first kappa shape index (κ1) is 17.2. The number of piperidine rings is 1. The first-order valence-electron chi connectivity index (χ1n) is 8.18. The molecule has 1 aliphatic heterocycles. The van der Waals surface area contributed by atoms with Crippen LogP contribution in [0.25, 0.3) is 0 Å². The summed E-state index contributed by atoms with van der Waals surface area (Å²) in [4.78, 5) is 14.3. The molecule has 1 aromatic heterocycles. The number of anilines is 2. The molecule has 0 radical (unpaired) electrons. The van der Waals surface area contributed by atoms with Gasteiger partial charge in [-0.1, -0.05) is 47.7 Å². The highest BCUT2D eigenvalue weighted by molar-refractivity contribution is 8.01. The molecule has 7 heteroatoms. The van der Waals surface area contributed by atoms with Crippen LogP contribution < -0.4 is 5.32 Å². The fourth-order valence-electron chi connectivity index (χ4n) is 2.71. The normalized spacial score (nSPS) is 17.8. The van der Waals surface area contributed by atoms with E-state index < -0.39 is 0 Å². The van der Waals surface area contributed by atoms with Crippen LogP contribution in [0, 0.1) is 12.8 Å². The van der Waals surface area contributed by atoms with Crippen LogP contribution in [0.15, 0.2) is 28.6 Å². The maximum atomic E-state index is 12.3. The van der Waals surface area contributed by atoms with Gasteiger partial charge in [-0.15, -0.1) is 10.2 Å². The van der Waals surface area contributed by atoms with E-state index in [-0.39, 0.29) is 5.91 Å². The van der Waals surface area contributed by atoms with Crippen LogP contribution in [0.1, 0.15) is 25.3 Å². The van der Waals surface area contributed by atoms with Crippen LogP contribution >= 0.6 is 23.1 Å². The predicted octanol–water partition coefficient (Wildman–Crippen LogP) is 3.94. The Morgan fingerprint density at radius 2 is 2.17 bits per heavy atom. The fourth-order valence-corrected chi connectivity index (χ4v) is 4.38. The molecule has 2 heterocycles. The van der Waals surface area contributed by atoms with Crippen LogP contribution in [-0.2, 0) is 4.79 Å². The number of thioether (sulfide) groups is 1. The van der Waals surface area contributed by atoms with E-state index in [1.54, 1.807) is 0 Å². The van der Waals surface area contributed by atoms with Crippen LogP contribution in [0.2, 0.25) is 0 Å². The van der Waals surface area contributed by atoms with Gasteiger partial charge in [-0.3, -0.25) is 4.79 Å². The van der Waals surface area contributed by atoms with Crippen LogP contribution in [0.3, 0.4) is 0 Å². The second-order valence-corrected chi connectivity index (χ2v) is 8.44. The molecule has 128 valence electrons. The van der Waals surface area contributed by atoms with E-state index in [0.29, 0.717) is 11.7 Å². The lowest BCUT2D eigenvalue weighted by Gasteiger charge is -2.30. The standard InChI is InChI=1S/C17H22N4OS2/c1-12-5-7-14(8-6-12)18-16-19-20-17(24-16)23-11-15(22)21-9-3-4-13(2)10-21/h5-8,13H,3-4,9-11H2,1-2H3,(H,18,19)/t13-/m0/s1. The van der Waals surface area contributed by atoms with E-state index >= 15 is 0 Å². The van der Waals surface area contributed by atoms with Crippen LogP contribution in [0.5, 0.6) is 0 Å². The van der Waals surface area contributed by atoms with Crippen molar-refractivity contribution in [3.8, 4) is 0 Å². The lowest BCUT2D eigenvalue weighted by atomic mass is 10.0. The summed E-state index contributed by atoms with van der Waals surface area (Å²) in [6.07, 6.45) is 2.34. The molecule has 1 fully saturated rings. The number of likely N-dealkylation sites (tertiary alicyclic amines) is 1. The summed E-state index contributed by atoms with van der Waals surface area (Å²) in [6.45, 7) is 6.04. The average Bonchev–Trinajstić information content (AvgIpc) is 3.02. The minimum absolute atomic E-state index is 0.204. The SMILES string of the molecule is Cc1ccc(Nc2nnc(SCC(=O)N3CCC[C@H](C)C3)s2)cc1. The number of amides is 1. The third-order valence-electron chi connectivity index (χ3n) is 4.04. The Balaban J connectivity index is 1.50. The zero-order valence-corrected chi connectivity index (χ0v) is 15.6. The number of hydrogen-bond acceptors (Lipinski definition) is 6. The summed E-state index contributed by atoms with van der Waals surface area (Å²) in [7, 11) is 0. The molecule has 0 saturated carbocycles. The highest BCUT2D eigenvalue weighted by Gasteiger charge is 2.21. The zero-order chi connectivity index (χ0) is 16.9. The van der Waals surface area contributed by atoms with Gasteiger partial charge in [-0.05, 0) is 37.8 Å². The van der Waals surface area contributed by atoms with Crippen LogP contribution in [0.4, 0.5) is 10.8 Å². The van der Waals surface area contributed by atoms with Gasteiger partial charge in [0, 0.05) is 18.8 Å². The smallest absolute Gasteiger partial charge is 0.233 e. The molecule has 5 nitrogen and oxygen atoms in total. The van der Waals surface area contributed by atoms with E-state index in [4.69, 9.17) is 0 Å². The second-order valence-electron chi connectivity index (χ2n) is 6.24. The molecule has 1 atom stereocenters. The molecule has 1 amide bonds. The summed E-state index contributed by atoms with van der Waals surface area (Å²) >= 11 is 2.95. The van der Waals surface area contributed by atoms with Crippen molar-refractivity contribution in [3.63, 3.8) is 0 Å². The van der Waals surface area contributed by atoms with Gasteiger partial charge in [0.1, 0.15) is 0 Å². The lowest BCUT2D eigenvalue weighted by molar-refractivity contribution is -0.130. The Kier molecular flexibility index (Phi) is 5.73. The third kappa shape index (κ3) is 4.70. The van der Waals surface area contributed by atoms with Crippen molar-refractivity contribution in [3.05, 3.63) is 29.8 Å². The summed E-state index contributed by atoms with van der Waals surface area (Å²) < 4.78 is 0.822. The van der Waals surface area contributed by atoms with E-state index in [1.165, 1.54) is 35.1 Å². The molecule has 1 N–H and O–H groups in total. The molecule has 3 rings (SSSR count). The average molecular weight is 363 g/mol. The van der Waals surface area contributed by atoms with E-state index in [2.05, 4.69) is 41.5 Å². The van der Waals surface area contributed by atoms with Gasteiger partial charge in [-0.25, -0.2) is 0 Å². The topological polar surface area (TPSA) is 58.1 Å². The zero-order valence-electron chi connectivity index (χ0n) is 14.0. The van der Waals surface area contributed by atoms with E-state index in [1.807, 2.05) is 17.0 Å². The number of carbonyl (C=O) groups excluding carboxylic acids is 1. The summed E-state index contributed by atoms with van der Waals surface area (Å²) in [5.74, 6) is 1.25. The van der Waals surface area contributed by atoms with Gasteiger partial charge in [0.25, 0.3) is 0 Å². The number of nitrogens with zero attached hydrogens (tertiary/aromatic N) is 3. The van der Waals surface area contributed by atoms with Gasteiger partial charge in [0.15, 0.2) is 4.34 Å². The van der Waals surface area contributed by atoms with Gasteiger partial charge in [0.05, 0.1) is 5.75 Å². The summed E-state index contributed by atoms with van der Waals surface area (Å²) in [5.41, 5.74) is 2.21.